The van der Waals surface area contributed by atoms with Gasteiger partial charge in [0.2, 0.25) is 0 Å². The van der Waals surface area contributed by atoms with Crippen molar-refractivity contribution in [1.29, 1.82) is 0 Å². The van der Waals surface area contributed by atoms with E-state index in [2.05, 4.69) is 4.74 Å². The fourth-order valence-electron chi connectivity index (χ4n) is 1.21. The van der Waals surface area contributed by atoms with Crippen LogP contribution in [0.4, 0.5) is 0 Å². The third-order valence-electron chi connectivity index (χ3n) is 1.88. The standard InChI is InChI=1S/C7H9ClO3/c1-11-6(10)7(8)4-2-3-5(7)9/h2-4H2,1H3. The lowest BCUT2D eigenvalue weighted by molar-refractivity contribution is -0.146. The van der Waals surface area contributed by atoms with Crippen LogP contribution in [0.5, 0.6) is 0 Å². The summed E-state index contributed by atoms with van der Waals surface area (Å²) in [6, 6.07) is 0. The summed E-state index contributed by atoms with van der Waals surface area (Å²) in [5, 5.41) is 0. The maximum Gasteiger partial charge on any atom is 0.334 e. The molecule has 0 heterocycles. The Morgan fingerprint density at radius 3 is 2.73 bits per heavy atom. The van der Waals surface area contributed by atoms with Crippen LogP contribution in [0.2, 0.25) is 0 Å². The van der Waals surface area contributed by atoms with Gasteiger partial charge in [-0.05, 0) is 12.8 Å². The predicted molar refractivity (Wildman–Crippen MR) is 39.5 cm³/mol. The molecule has 0 spiro atoms. The molecule has 0 saturated heterocycles. The summed E-state index contributed by atoms with van der Waals surface area (Å²) < 4.78 is 4.42. The smallest absolute Gasteiger partial charge is 0.334 e. The Morgan fingerprint density at radius 2 is 2.36 bits per heavy atom. The van der Waals surface area contributed by atoms with Gasteiger partial charge in [0.05, 0.1) is 7.11 Å². The number of ketones is 1. The first kappa shape index (κ1) is 8.53. The minimum absolute atomic E-state index is 0.217. The zero-order valence-electron chi connectivity index (χ0n) is 6.22. The van der Waals surface area contributed by atoms with Gasteiger partial charge >= 0.3 is 5.97 Å². The lowest BCUT2D eigenvalue weighted by atomic mass is 10.1. The van der Waals surface area contributed by atoms with Crippen molar-refractivity contribution in [2.45, 2.75) is 24.1 Å². The molecule has 1 aliphatic rings. The van der Waals surface area contributed by atoms with Crippen LogP contribution < -0.4 is 0 Å². The second kappa shape index (κ2) is 2.81. The molecule has 1 atom stereocenters. The molecule has 0 bridgehead atoms. The van der Waals surface area contributed by atoms with E-state index >= 15 is 0 Å². The number of methoxy groups -OCH3 is 1. The van der Waals surface area contributed by atoms with E-state index in [-0.39, 0.29) is 5.78 Å². The van der Waals surface area contributed by atoms with E-state index in [1.54, 1.807) is 0 Å². The second-order valence-electron chi connectivity index (χ2n) is 2.57. The molecule has 0 amide bonds. The molecule has 1 saturated carbocycles. The first-order valence-electron chi connectivity index (χ1n) is 3.42. The molecule has 62 valence electrons. The summed E-state index contributed by atoms with van der Waals surface area (Å²) in [5.74, 6) is -0.840. The second-order valence-corrected chi connectivity index (χ2v) is 3.21. The van der Waals surface area contributed by atoms with Crippen LogP contribution in [0.1, 0.15) is 19.3 Å². The third kappa shape index (κ3) is 1.25. The Kier molecular flexibility index (Phi) is 2.18. The molecule has 1 unspecified atom stereocenters. The highest BCUT2D eigenvalue weighted by Gasteiger charge is 2.47. The fourth-order valence-corrected chi connectivity index (χ4v) is 1.51. The number of carbonyl (C=O) groups is 2. The van der Waals surface area contributed by atoms with E-state index in [0.29, 0.717) is 19.3 Å². The fraction of sp³-hybridized carbons (Fsp3) is 0.714. The normalized spacial score (nSPS) is 30.5. The van der Waals surface area contributed by atoms with Gasteiger partial charge in [0.1, 0.15) is 0 Å². The average Bonchev–Trinajstić information content (AvgIpc) is 2.32. The number of ether oxygens (including phenoxy) is 1. The number of halogens is 1. The van der Waals surface area contributed by atoms with Gasteiger partial charge in [-0.15, -0.1) is 0 Å². The molecular formula is C7H9ClO3. The summed E-state index contributed by atoms with van der Waals surface area (Å²) >= 11 is 5.75. The molecular weight excluding hydrogens is 168 g/mol. The number of hydrogen-bond donors (Lipinski definition) is 0. The molecule has 0 aromatic heterocycles. The molecule has 1 aliphatic carbocycles. The monoisotopic (exact) mass is 176 g/mol. The lowest BCUT2D eigenvalue weighted by Crippen LogP contribution is -2.37. The topological polar surface area (TPSA) is 43.4 Å². The quantitative estimate of drug-likeness (QED) is 0.339. The third-order valence-corrected chi connectivity index (χ3v) is 2.43. The van der Waals surface area contributed by atoms with Gasteiger partial charge in [-0.2, -0.15) is 0 Å². The van der Waals surface area contributed by atoms with E-state index in [0.717, 1.165) is 0 Å². The zero-order chi connectivity index (χ0) is 8.48. The minimum atomic E-state index is -1.37. The summed E-state index contributed by atoms with van der Waals surface area (Å²) in [4.78, 5) is 20.7. The molecule has 0 aliphatic heterocycles. The van der Waals surface area contributed by atoms with Crippen LogP contribution in [-0.2, 0) is 14.3 Å². The largest absolute Gasteiger partial charge is 0.467 e. The summed E-state index contributed by atoms with van der Waals surface area (Å²) in [6.45, 7) is 0. The average molecular weight is 177 g/mol. The molecule has 1 rings (SSSR count). The SMILES string of the molecule is COC(=O)C1(Cl)CCCC1=O. The van der Waals surface area contributed by atoms with Crippen LogP contribution in [0, 0.1) is 0 Å². The van der Waals surface area contributed by atoms with Crippen molar-refractivity contribution < 1.29 is 14.3 Å². The molecule has 4 heteroatoms. The number of esters is 1. The molecule has 0 aromatic carbocycles. The number of carbonyl (C=O) groups excluding carboxylic acids is 2. The van der Waals surface area contributed by atoms with Crippen LogP contribution in [0.15, 0.2) is 0 Å². The van der Waals surface area contributed by atoms with Gasteiger partial charge < -0.3 is 4.74 Å². The molecule has 11 heavy (non-hydrogen) atoms. The van der Waals surface area contributed by atoms with Crippen LogP contribution >= 0.6 is 11.6 Å². The highest BCUT2D eigenvalue weighted by Crippen LogP contribution is 2.33. The highest BCUT2D eigenvalue weighted by atomic mass is 35.5. The first-order chi connectivity index (χ1) is 5.11. The first-order valence-corrected chi connectivity index (χ1v) is 3.79. The number of Topliss-reactive ketones (excluding diaryl/α,β-unsaturated/α-hetero) is 1. The van der Waals surface area contributed by atoms with Crippen molar-refractivity contribution >= 4 is 23.4 Å². The summed E-state index contributed by atoms with van der Waals surface area (Å²) in [6.07, 6.45) is 1.47. The van der Waals surface area contributed by atoms with Crippen molar-refractivity contribution in [3.63, 3.8) is 0 Å². The van der Waals surface area contributed by atoms with Gasteiger partial charge in [0.25, 0.3) is 0 Å². The van der Waals surface area contributed by atoms with Gasteiger partial charge in [-0.1, -0.05) is 11.6 Å². The van der Waals surface area contributed by atoms with Crippen molar-refractivity contribution in [2.75, 3.05) is 7.11 Å². The Labute approximate surface area is 69.7 Å². The molecule has 3 nitrogen and oxygen atoms in total. The van der Waals surface area contributed by atoms with Gasteiger partial charge in [-0.25, -0.2) is 4.79 Å². The molecule has 0 aromatic rings. The van der Waals surface area contributed by atoms with Crippen LogP contribution in [-0.4, -0.2) is 23.7 Å². The Morgan fingerprint density at radius 1 is 1.73 bits per heavy atom. The van der Waals surface area contributed by atoms with Gasteiger partial charge in [0, 0.05) is 6.42 Å². The maximum absolute atomic E-state index is 11.1. The van der Waals surface area contributed by atoms with Crippen LogP contribution in [0.25, 0.3) is 0 Å². The Hall–Kier alpha value is -0.570. The van der Waals surface area contributed by atoms with Crippen molar-refractivity contribution in [3.8, 4) is 0 Å². The van der Waals surface area contributed by atoms with E-state index in [1.165, 1.54) is 7.11 Å². The van der Waals surface area contributed by atoms with E-state index < -0.39 is 10.8 Å². The molecule has 1 fully saturated rings. The Balaban J connectivity index is 2.80. The van der Waals surface area contributed by atoms with Gasteiger partial charge in [0.15, 0.2) is 10.7 Å². The highest BCUT2D eigenvalue weighted by molar-refractivity contribution is 6.46. The number of rotatable bonds is 1. The summed E-state index contributed by atoms with van der Waals surface area (Å²) in [5.41, 5.74) is 0. The van der Waals surface area contributed by atoms with Gasteiger partial charge in [-0.3, -0.25) is 4.79 Å². The maximum atomic E-state index is 11.1. The number of alkyl halides is 1. The zero-order valence-corrected chi connectivity index (χ0v) is 6.98. The molecule has 0 radical (unpaired) electrons. The van der Waals surface area contributed by atoms with E-state index in [1.807, 2.05) is 0 Å². The number of hydrogen-bond acceptors (Lipinski definition) is 3. The van der Waals surface area contributed by atoms with E-state index in [9.17, 15) is 9.59 Å². The van der Waals surface area contributed by atoms with Crippen molar-refractivity contribution in [1.82, 2.24) is 0 Å². The lowest BCUT2D eigenvalue weighted by Gasteiger charge is -2.14. The summed E-state index contributed by atoms with van der Waals surface area (Å²) in [7, 11) is 1.23. The van der Waals surface area contributed by atoms with E-state index in [4.69, 9.17) is 11.6 Å². The molecule has 0 N–H and O–H groups in total. The predicted octanol–water partition coefficient (Wildman–Crippen LogP) is 0.890. The van der Waals surface area contributed by atoms with Crippen molar-refractivity contribution in [3.05, 3.63) is 0 Å². The minimum Gasteiger partial charge on any atom is -0.467 e. The van der Waals surface area contributed by atoms with Crippen molar-refractivity contribution in [2.24, 2.45) is 0 Å². The Bertz CT molecular complexity index is 202. The van der Waals surface area contributed by atoms with Crippen LogP contribution in [0.3, 0.4) is 0 Å².